The average Bonchev–Trinajstić information content (AvgIpc) is 3.37. The van der Waals surface area contributed by atoms with Crippen molar-refractivity contribution in [3.8, 4) is 23.5 Å². The number of hydrogen-bond acceptors (Lipinski definition) is 2. The topological polar surface area (TPSA) is 26.3 Å². The monoisotopic (exact) mass is 290 g/mol. The van der Waals surface area contributed by atoms with Crippen LogP contribution in [-0.4, -0.2) is 12.6 Å². The van der Waals surface area contributed by atoms with Crippen LogP contribution in [0.15, 0.2) is 48.5 Å². The maximum absolute atomic E-state index is 12.1. The minimum atomic E-state index is -0.408. The largest absolute Gasteiger partial charge is 0.465 e. The Morgan fingerprint density at radius 3 is 2.50 bits per heavy atom. The Labute approximate surface area is 131 Å². The van der Waals surface area contributed by atoms with Crippen molar-refractivity contribution in [1.29, 1.82) is 0 Å². The quantitative estimate of drug-likeness (QED) is 0.630. The highest BCUT2D eigenvalue weighted by molar-refractivity contribution is 5.87. The van der Waals surface area contributed by atoms with E-state index in [4.69, 9.17) is 11.2 Å². The molecule has 0 heterocycles. The first-order valence-electron chi connectivity index (χ1n) is 7.54. The molecule has 0 amide bonds. The molecule has 0 radical (unpaired) electrons. The Hall–Kier alpha value is -2.53. The maximum atomic E-state index is 12.1. The summed E-state index contributed by atoms with van der Waals surface area (Å²) in [6.45, 7) is 2.27. The van der Waals surface area contributed by atoms with Crippen LogP contribution in [0.2, 0.25) is 0 Å². The zero-order valence-corrected chi connectivity index (χ0v) is 12.6. The molecule has 0 aromatic heterocycles. The smallest absolute Gasteiger partial charge is 0.316 e. The molecule has 0 spiro atoms. The third kappa shape index (κ3) is 2.51. The zero-order chi connectivity index (χ0) is 15.6. The summed E-state index contributed by atoms with van der Waals surface area (Å²) in [5.41, 5.74) is 3.69. The van der Waals surface area contributed by atoms with Crippen molar-refractivity contribution in [2.24, 2.45) is 0 Å². The molecule has 2 aromatic rings. The molecule has 0 saturated heterocycles. The van der Waals surface area contributed by atoms with Gasteiger partial charge in [0.2, 0.25) is 0 Å². The lowest BCUT2D eigenvalue weighted by atomic mass is 9.93. The Kier molecular flexibility index (Phi) is 3.73. The fraction of sp³-hybridized carbons (Fsp3) is 0.250. The molecule has 3 rings (SSSR count). The van der Waals surface area contributed by atoms with Crippen LogP contribution in [0.5, 0.6) is 0 Å². The molecule has 0 atom stereocenters. The van der Waals surface area contributed by atoms with Crippen molar-refractivity contribution >= 4 is 5.97 Å². The van der Waals surface area contributed by atoms with Crippen molar-refractivity contribution < 1.29 is 9.53 Å². The van der Waals surface area contributed by atoms with Crippen LogP contribution < -0.4 is 0 Å². The van der Waals surface area contributed by atoms with Gasteiger partial charge in [0.05, 0.1) is 12.0 Å². The van der Waals surface area contributed by atoms with Crippen LogP contribution in [0, 0.1) is 12.3 Å². The number of carbonyl (C=O) groups excluding carboxylic acids is 1. The predicted octanol–water partition coefficient (Wildman–Crippen LogP) is 3.93. The second-order valence-electron chi connectivity index (χ2n) is 5.61. The Bertz CT molecular complexity index is 731. The molecule has 1 aliphatic rings. The molecular weight excluding hydrogens is 272 g/mol. The van der Waals surface area contributed by atoms with Gasteiger partial charge in [0, 0.05) is 5.56 Å². The van der Waals surface area contributed by atoms with Gasteiger partial charge in [-0.2, -0.15) is 0 Å². The zero-order valence-electron chi connectivity index (χ0n) is 12.6. The summed E-state index contributed by atoms with van der Waals surface area (Å²) in [5, 5.41) is 0. The van der Waals surface area contributed by atoms with E-state index in [0.717, 1.165) is 35.1 Å². The van der Waals surface area contributed by atoms with Crippen molar-refractivity contribution in [2.75, 3.05) is 6.61 Å². The highest BCUT2D eigenvalue weighted by Gasteiger charge is 2.52. The molecule has 2 nitrogen and oxygen atoms in total. The minimum Gasteiger partial charge on any atom is -0.465 e. The Morgan fingerprint density at radius 1 is 1.18 bits per heavy atom. The van der Waals surface area contributed by atoms with E-state index in [2.05, 4.69) is 5.92 Å². The van der Waals surface area contributed by atoms with Gasteiger partial charge in [-0.05, 0) is 48.6 Å². The van der Waals surface area contributed by atoms with Crippen molar-refractivity contribution in [3.63, 3.8) is 0 Å². The number of terminal acetylenes is 1. The molecule has 0 unspecified atom stereocenters. The minimum absolute atomic E-state index is 0.0999. The molecule has 0 aliphatic heterocycles. The predicted molar refractivity (Wildman–Crippen MR) is 87.4 cm³/mol. The molecule has 2 heteroatoms. The Morgan fingerprint density at radius 2 is 1.91 bits per heavy atom. The lowest BCUT2D eigenvalue weighted by molar-refractivity contribution is -0.146. The number of rotatable bonds is 4. The Balaban J connectivity index is 1.87. The fourth-order valence-corrected chi connectivity index (χ4v) is 2.78. The summed E-state index contributed by atoms with van der Waals surface area (Å²) in [7, 11) is 0. The summed E-state index contributed by atoms with van der Waals surface area (Å²) in [4.78, 5) is 12.1. The van der Waals surface area contributed by atoms with Gasteiger partial charge in [-0.25, -0.2) is 0 Å². The van der Waals surface area contributed by atoms with Gasteiger partial charge in [-0.3, -0.25) is 4.79 Å². The second kappa shape index (κ2) is 5.69. The average molecular weight is 290 g/mol. The lowest BCUT2D eigenvalue weighted by Crippen LogP contribution is -2.23. The number of hydrogen-bond donors (Lipinski definition) is 0. The molecule has 2 aromatic carbocycles. The lowest BCUT2D eigenvalue weighted by Gasteiger charge is -2.14. The van der Waals surface area contributed by atoms with Crippen molar-refractivity contribution in [2.45, 2.75) is 25.2 Å². The maximum Gasteiger partial charge on any atom is 0.316 e. The number of ether oxygens (including phenoxy) is 1. The summed E-state index contributed by atoms with van der Waals surface area (Å²) in [5.74, 6) is 2.55. The van der Waals surface area contributed by atoms with Gasteiger partial charge in [0.25, 0.3) is 0 Å². The normalized spacial score (nSPS) is 14.9. The van der Waals surface area contributed by atoms with E-state index < -0.39 is 5.41 Å². The van der Waals surface area contributed by atoms with Gasteiger partial charge >= 0.3 is 5.97 Å². The molecular formula is C20H18O2. The third-order valence-electron chi connectivity index (χ3n) is 4.22. The van der Waals surface area contributed by atoms with Crippen LogP contribution in [-0.2, 0) is 14.9 Å². The fourth-order valence-electron chi connectivity index (χ4n) is 2.78. The van der Waals surface area contributed by atoms with E-state index in [1.54, 1.807) is 0 Å². The molecule has 110 valence electrons. The van der Waals surface area contributed by atoms with Crippen molar-refractivity contribution in [3.05, 3.63) is 59.7 Å². The molecule has 1 fully saturated rings. The van der Waals surface area contributed by atoms with Crippen LogP contribution in [0.3, 0.4) is 0 Å². The van der Waals surface area contributed by atoms with Crippen LogP contribution >= 0.6 is 0 Å². The van der Waals surface area contributed by atoms with E-state index in [0.29, 0.717) is 6.61 Å². The molecule has 0 N–H and O–H groups in total. The third-order valence-corrected chi connectivity index (χ3v) is 4.22. The van der Waals surface area contributed by atoms with Gasteiger partial charge in [0.15, 0.2) is 0 Å². The van der Waals surface area contributed by atoms with Crippen LogP contribution in [0.4, 0.5) is 0 Å². The van der Waals surface area contributed by atoms with Crippen molar-refractivity contribution in [1.82, 2.24) is 0 Å². The SMILES string of the molecule is C#Cc1cccc(-c2ccc(C3(C(=O)OCC)CC3)cc2)c1. The number of carbonyl (C=O) groups is 1. The van der Waals surface area contributed by atoms with Gasteiger partial charge in [0.1, 0.15) is 0 Å². The van der Waals surface area contributed by atoms with Gasteiger partial charge in [-0.1, -0.05) is 42.3 Å². The molecule has 22 heavy (non-hydrogen) atoms. The van der Waals surface area contributed by atoms with E-state index in [1.165, 1.54) is 0 Å². The van der Waals surface area contributed by atoms with Gasteiger partial charge in [-0.15, -0.1) is 6.42 Å². The summed E-state index contributed by atoms with van der Waals surface area (Å²) in [6.07, 6.45) is 7.19. The number of esters is 1. The second-order valence-corrected chi connectivity index (χ2v) is 5.61. The highest BCUT2D eigenvalue weighted by Crippen LogP contribution is 2.49. The van der Waals surface area contributed by atoms with E-state index in [9.17, 15) is 4.79 Å². The van der Waals surface area contributed by atoms with Gasteiger partial charge < -0.3 is 4.74 Å². The van der Waals surface area contributed by atoms with Crippen LogP contribution in [0.25, 0.3) is 11.1 Å². The first kappa shape index (κ1) is 14.4. The summed E-state index contributed by atoms with van der Waals surface area (Å²) >= 11 is 0. The summed E-state index contributed by atoms with van der Waals surface area (Å²) in [6, 6.07) is 16.1. The van der Waals surface area contributed by atoms with E-state index in [-0.39, 0.29) is 5.97 Å². The first-order chi connectivity index (χ1) is 10.7. The number of benzene rings is 2. The van der Waals surface area contributed by atoms with E-state index in [1.807, 2.05) is 55.5 Å². The molecule has 1 aliphatic carbocycles. The molecule has 1 saturated carbocycles. The van der Waals surface area contributed by atoms with Crippen LogP contribution in [0.1, 0.15) is 30.9 Å². The highest BCUT2D eigenvalue weighted by atomic mass is 16.5. The first-order valence-corrected chi connectivity index (χ1v) is 7.54. The standard InChI is InChI=1S/C20H18O2/c1-3-15-6-5-7-17(14-15)16-8-10-18(11-9-16)20(12-13-20)19(21)22-4-2/h1,5-11,14H,4,12-13H2,2H3. The summed E-state index contributed by atoms with van der Waals surface area (Å²) < 4.78 is 5.21. The van der Waals surface area contributed by atoms with E-state index >= 15 is 0 Å². The molecule has 0 bridgehead atoms.